The molecule has 6 nitrogen and oxygen atoms in total. The summed E-state index contributed by atoms with van der Waals surface area (Å²) in [7, 11) is 0. The third-order valence-corrected chi connectivity index (χ3v) is 3.75. The van der Waals surface area contributed by atoms with E-state index in [4.69, 9.17) is 9.52 Å². The van der Waals surface area contributed by atoms with Gasteiger partial charge in [0.1, 0.15) is 16.9 Å². The van der Waals surface area contributed by atoms with E-state index in [-0.39, 0.29) is 23.8 Å². The van der Waals surface area contributed by atoms with Gasteiger partial charge in [0.2, 0.25) is 5.58 Å². The maximum absolute atomic E-state index is 12.2. The zero-order chi connectivity index (χ0) is 15.7. The average Bonchev–Trinajstić information content (AvgIpc) is 2.86. The lowest BCUT2D eigenvalue weighted by Crippen LogP contribution is -2.34. The summed E-state index contributed by atoms with van der Waals surface area (Å²) in [6.07, 6.45) is 0. The molecule has 0 aliphatic heterocycles. The third-order valence-electron chi connectivity index (χ3n) is 3.75. The van der Waals surface area contributed by atoms with Crippen molar-refractivity contribution in [2.45, 2.75) is 26.4 Å². The molecule has 22 heavy (non-hydrogen) atoms. The number of aliphatic hydroxyl groups is 1. The predicted molar refractivity (Wildman–Crippen MR) is 84.8 cm³/mol. The summed E-state index contributed by atoms with van der Waals surface area (Å²) in [5.41, 5.74) is 1.22. The highest BCUT2D eigenvalue weighted by Gasteiger charge is 2.15. The monoisotopic (exact) mass is 301 g/mol. The number of fused-ring (bicyclic) bond motifs is 3. The third kappa shape index (κ3) is 2.63. The maximum Gasteiger partial charge on any atom is 0.294 e. The number of para-hydroxylation sites is 1. The molecule has 0 bridgehead atoms. The molecule has 0 radical (unpaired) electrons. The number of aliphatic hydroxyl groups excluding tert-OH is 1. The van der Waals surface area contributed by atoms with Gasteiger partial charge in [0.05, 0.1) is 13.2 Å². The second-order valence-corrected chi connectivity index (χ2v) is 5.58. The van der Waals surface area contributed by atoms with Crippen LogP contribution in [0.25, 0.3) is 22.1 Å². The zero-order valence-corrected chi connectivity index (χ0v) is 12.7. The van der Waals surface area contributed by atoms with Gasteiger partial charge in [-0.15, -0.1) is 0 Å². The van der Waals surface area contributed by atoms with E-state index < -0.39 is 0 Å². The van der Waals surface area contributed by atoms with Gasteiger partial charge in [-0.2, -0.15) is 0 Å². The van der Waals surface area contributed by atoms with Crippen LogP contribution in [-0.2, 0) is 6.54 Å². The summed E-state index contributed by atoms with van der Waals surface area (Å²) < 4.78 is 5.58. The van der Waals surface area contributed by atoms with Gasteiger partial charge < -0.3 is 14.5 Å². The summed E-state index contributed by atoms with van der Waals surface area (Å²) in [6.45, 7) is 5.16. The van der Waals surface area contributed by atoms with Crippen LogP contribution in [-0.4, -0.2) is 39.2 Å². The summed E-state index contributed by atoms with van der Waals surface area (Å²) >= 11 is 0. The van der Waals surface area contributed by atoms with Crippen LogP contribution in [0, 0.1) is 0 Å². The molecule has 0 saturated carbocycles. The molecule has 2 heterocycles. The first kappa shape index (κ1) is 14.7. The lowest BCUT2D eigenvalue weighted by molar-refractivity contribution is 0.156. The second-order valence-electron chi connectivity index (χ2n) is 5.58. The minimum atomic E-state index is -0.274. The molecule has 0 fully saturated rings. The first-order chi connectivity index (χ1) is 10.6. The van der Waals surface area contributed by atoms with Gasteiger partial charge in [-0.1, -0.05) is 12.1 Å². The molecular weight excluding hydrogens is 282 g/mol. The molecule has 3 aromatic rings. The summed E-state index contributed by atoms with van der Waals surface area (Å²) in [5.74, 6) is 0.575. The number of hydrogen-bond acceptors (Lipinski definition) is 5. The number of hydrogen-bond donors (Lipinski definition) is 2. The van der Waals surface area contributed by atoms with Gasteiger partial charge in [0, 0.05) is 18.0 Å². The molecule has 1 aromatic carbocycles. The van der Waals surface area contributed by atoms with E-state index in [0.717, 1.165) is 5.39 Å². The van der Waals surface area contributed by atoms with E-state index in [1.807, 2.05) is 43.0 Å². The Morgan fingerprint density at radius 3 is 2.86 bits per heavy atom. The largest absolute Gasteiger partial charge is 0.449 e. The van der Waals surface area contributed by atoms with Crippen LogP contribution in [0.2, 0.25) is 0 Å². The van der Waals surface area contributed by atoms with Crippen molar-refractivity contribution in [1.82, 2.24) is 14.9 Å². The molecule has 2 aromatic heterocycles. The van der Waals surface area contributed by atoms with Gasteiger partial charge in [0.15, 0.2) is 0 Å². The van der Waals surface area contributed by atoms with Gasteiger partial charge in [0.25, 0.3) is 5.56 Å². The van der Waals surface area contributed by atoms with Crippen molar-refractivity contribution in [2.24, 2.45) is 0 Å². The van der Waals surface area contributed by atoms with Gasteiger partial charge in [-0.3, -0.25) is 9.69 Å². The van der Waals surface area contributed by atoms with E-state index in [0.29, 0.717) is 30.0 Å². The van der Waals surface area contributed by atoms with E-state index in [2.05, 4.69) is 9.97 Å². The minimum Gasteiger partial charge on any atom is -0.449 e. The number of furan rings is 1. The Labute approximate surface area is 127 Å². The van der Waals surface area contributed by atoms with Crippen molar-refractivity contribution in [3.63, 3.8) is 0 Å². The number of nitrogens with one attached hydrogen (secondary N) is 1. The fraction of sp³-hybridized carbons (Fsp3) is 0.375. The second kappa shape index (κ2) is 5.90. The normalized spacial score (nSPS) is 12.0. The molecule has 0 aliphatic rings. The number of benzene rings is 1. The number of aromatic nitrogens is 2. The molecule has 6 heteroatoms. The zero-order valence-electron chi connectivity index (χ0n) is 12.7. The maximum atomic E-state index is 12.2. The van der Waals surface area contributed by atoms with E-state index in [1.54, 1.807) is 0 Å². The highest BCUT2D eigenvalue weighted by molar-refractivity contribution is 6.01. The molecule has 0 atom stereocenters. The highest BCUT2D eigenvalue weighted by Crippen LogP contribution is 2.24. The Morgan fingerprint density at radius 1 is 1.36 bits per heavy atom. The SMILES string of the molecule is CC(C)N(CCO)Cc1nc2c(oc3ccccc32)c(=O)[nH]1. The quantitative estimate of drug-likeness (QED) is 0.752. The molecule has 0 unspecified atom stereocenters. The van der Waals surface area contributed by atoms with Gasteiger partial charge in [-0.25, -0.2) is 4.98 Å². The summed E-state index contributed by atoms with van der Waals surface area (Å²) in [4.78, 5) is 21.6. The summed E-state index contributed by atoms with van der Waals surface area (Å²) in [5, 5.41) is 9.99. The Balaban J connectivity index is 2.08. The van der Waals surface area contributed by atoms with Gasteiger partial charge in [-0.05, 0) is 26.0 Å². The Morgan fingerprint density at radius 2 is 2.14 bits per heavy atom. The molecule has 3 rings (SSSR count). The van der Waals surface area contributed by atoms with Crippen molar-refractivity contribution in [1.29, 1.82) is 0 Å². The molecule has 2 N–H and O–H groups in total. The fourth-order valence-corrected chi connectivity index (χ4v) is 2.56. The van der Waals surface area contributed by atoms with Crippen molar-refractivity contribution in [3.05, 3.63) is 40.4 Å². The Kier molecular flexibility index (Phi) is 3.96. The van der Waals surface area contributed by atoms with Crippen LogP contribution in [0.15, 0.2) is 33.5 Å². The van der Waals surface area contributed by atoms with Crippen LogP contribution in [0.5, 0.6) is 0 Å². The number of rotatable bonds is 5. The molecule has 116 valence electrons. The van der Waals surface area contributed by atoms with Crippen LogP contribution in [0.4, 0.5) is 0 Å². The number of aromatic amines is 1. The predicted octanol–water partition coefficient (Wildman–Crippen LogP) is 1.87. The molecule has 0 spiro atoms. The summed E-state index contributed by atoms with van der Waals surface area (Å²) in [6, 6.07) is 7.72. The number of nitrogens with zero attached hydrogens (tertiary/aromatic N) is 2. The Bertz CT molecular complexity index is 851. The highest BCUT2D eigenvalue weighted by atomic mass is 16.3. The van der Waals surface area contributed by atoms with Crippen molar-refractivity contribution in [2.75, 3.05) is 13.2 Å². The van der Waals surface area contributed by atoms with Crippen molar-refractivity contribution < 1.29 is 9.52 Å². The first-order valence-corrected chi connectivity index (χ1v) is 7.35. The number of H-pyrrole nitrogens is 1. The average molecular weight is 301 g/mol. The minimum absolute atomic E-state index is 0.0687. The molecule has 0 saturated heterocycles. The van der Waals surface area contributed by atoms with Crippen molar-refractivity contribution in [3.8, 4) is 0 Å². The van der Waals surface area contributed by atoms with Crippen LogP contribution < -0.4 is 5.56 Å². The van der Waals surface area contributed by atoms with Crippen LogP contribution in [0.3, 0.4) is 0 Å². The smallest absolute Gasteiger partial charge is 0.294 e. The van der Waals surface area contributed by atoms with Crippen LogP contribution in [0.1, 0.15) is 19.7 Å². The molecule has 0 aliphatic carbocycles. The van der Waals surface area contributed by atoms with Gasteiger partial charge >= 0.3 is 0 Å². The lowest BCUT2D eigenvalue weighted by atomic mass is 10.2. The Hall–Kier alpha value is -2.18. The molecular formula is C16H19N3O3. The standard InChI is InChI=1S/C16H19N3O3/c1-10(2)19(7-8-20)9-13-17-14-11-5-3-4-6-12(11)22-15(14)16(21)18-13/h3-6,10,20H,7-9H2,1-2H3,(H,17,18,21). The van der Waals surface area contributed by atoms with Crippen molar-refractivity contribution >= 4 is 22.1 Å². The first-order valence-electron chi connectivity index (χ1n) is 7.35. The lowest BCUT2D eigenvalue weighted by Gasteiger charge is -2.24. The van der Waals surface area contributed by atoms with E-state index >= 15 is 0 Å². The van der Waals surface area contributed by atoms with E-state index in [1.165, 1.54) is 0 Å². The fourth-order valence-electron chi connectivity index (χ4n) is 2.56. The van der Waals surface area contributed by atoms with E-state index in [9.17, 15) is 4.79 Å². The van der Waals surface area contributed by atoms with Crippen LogP contribution >= 0.6 is 0 Å². The molecule has 0 amide bonds. The topological polar surface area (TPSA) is 82.4 Å².